The third-order valence-corrected chi connectivity index (χ3v) is 6.38. The van der Waals surface area contributed by atoms with Crippen LogP contribution in [0.5, 0.6) is 0 Å². The molecule has 1 unspecified atom stereocenters. The lowest BCUT2D eigenvalue weighted by Gasteiger charge is -2.41. The summed E-state index contributed by atoms with van der Waals surface area (Å²) in [7, 11) is 0. The van der Waals surface area contributed by atoms with E-state index in [0.717, 1.165) is 0 Å². The molecule has 0 bridgehead atoms. The summed E-state index contributed by atoms with van der Waals surface area (Å²) in [6.45, 7) is 7.60. The molecule has 0 aromatic heterocycles. The number of ether oxygens (including phenoxy) is 1. The summed E-state index contributed by atoms with van der Waals surface area (Å²) < 4.78 is 6.17. The highest BCUT2D eigenvalue weighted by Gasteiger charge is 2.65. The Bertz CT molecular complexity index is 1010. The van der Waals surface area contributed by atoms with Gasteiger partial charge in [0.25, 0.3) is 5.69 Å². The first kappa shape index (κ1) is 20.4. The Labute approximate surface area is 174 Å². The quantitative estimate of drug-likeness (QED) is 0.413. The molecule has 1 heterocycles. The number of carbonyl (C=O) groups is 3. The largest absolute Gasteiger partial charge is 0.474 e. The Balaban J connectivity index is 1.93. The van der Waals surface area contributed by atoms with Crippen molar-refractivity contribution >= 4 is 23.0 Å². The molecule has 4 rings (SSSR count). The Hall–Kier alpha value is -2.83. The molecule has 1 spiro atoms. The first-order valence-corrected chi connectivity index (χ1v) is 10.1. The van der Waals surface area contributed by atoms with E-state index in [4.69, 9.17) is 4.74 Å². The number of carbonyl (C=O) groups excluding carboxylic acids is 3. The minimum atomic E-state index is -1.81. The van der Waals surface area contributed by atoms with Crippen LogP contribution in [0.3, 0.4) is 0 Å². The SMILES string of the molecule is CC1(C)CC(=O)C2(OC3=C(C(=O)CC(C)(C)C3)C2c2cccc([N+](=O)[O-])c2)C(=O)C1. The van der Waals surface area contributed by atoms with Gasteiger partial charge in [-0.05, 0) is 16.4 Å². The maximum atomic E-state index is 13.4. The van der Waals surface area contributed by atoms with E-state index in [1.807, 2.05) is 27.7 Å². The molecular weight excluding hydrogens is 386 g/mol. The summed E-state index contributed by atoms with van der Waals surface area (Å²) in [6, 6.07) is 5.84. The van der Waals surface area contributed by atoms with Gasteiger partial charge in [0.2, 0.25) is 5.60 Å². The van der Waals surface area contributed by atoms with Crippen molar-refractivity contribution in [2.45, 2.75) is 64.9 Å². The molecule has 1 aromatic rings. The van der Waals surface area contributed by atoms with E-state index < -0.39 is 21.9 Å². The van der Waals surface area contributed by atoms with E-state index in [1.165, 1.54) is 18.2 Å². The van der Waals surface area contributed by atoms with Gasteiger partial charge in [0, 0.05) is 43.4 Å². The van der Waals surface area contributed by atoms with Crippen LogP contribution in [0.4, 0.5) is 5.69 Å². The van der Waals surface area contributed by atoms with Gasteiger partial charge in [0.15, 0.2) is 17.3 Å². The molecule has 2 aliphatic carbocycles. The van der Waals surface area contributed by atoms with E-state index in [0.29, 0.717) is 23.3 Å². The van der Waals surface area contributed by atoms with Gasteiger partial charge in [-0.3, -0.25) is 24.5 Å². The zero-order valence-electron chi connectivity index (χ0n) is 17.6. The second-order valence-corrected chi connectivity index (χ2v) is 10.3. The van der Waals surface area contributed by atoms with Crippen LogP contribution in [0.25, 0.3) is 0 Å². The Morgan fingerprint density at radius 1 is 0.967 bits per heavy atom. The van der Waals surface area contributed by atoms with Crippen molar-refractivity contribution in [2.75, 3.05) is 0 Å². The molecule has 1 atom stereocenters. The van der Waals surface area contributed by atoms with Crippen LogP contribution in [0, 0.1) is 20.9 Å². The van der Waals surface area contributed by atoms with Crippen molar-refractivity contribution in [3.05, 3.63) is 51.3 Å². The first-order valence-electron chi connectivity index (χ1n) is 10.1. The molecule has 1 fully saturated rings. The number of nitrogens with zero attached hydrogens (tertiary/aromatic N) is 1. The molecular formula is C23H25NO6. The third-order valence-electron chi connectivity index (χ3n) is 6.38. The second kappa shape index (κ2) is 6.33. The molecule has 0 radical (unpaired) electrons. The molecule has 158 valence electrons. The molecule has 1 saturated carbocycles. The van der Waals surface area contributed by atoms with Crippen molar-refractivity contribution < 1.29 is 24.0 Å². The normalized spacial score (nSPS) is 26.5. The molecule has 3 aliphatic rings. The fourth-order valence-electron chi connectivity index (χ4n) is 5.15. The van der Waals surface area contributed by atoms with Gasteiger partial charge in [-0.15, -0.1) is 0 Å². The summed E-state index contributed by atoms with van der Waals surface area (Å²) >= 11 is 0. The average Bonchev–Trinajstić information content (AvgIpc) is 2.94. The van der Waals surface area contributed by atoms with Gasteiger partial charge < -0.3 is 4.74 Å². The van der Waals surface area contributed by atoms with Crippen molar-refractivity contribution in [2.24, 2.45) is 10.8 Å². The number of rotatable bonds is 2. The fraction of sp³-hybridized carbons (Fsp3) is 0.522. The number of benzene rings is 1. The summed E-state index contributed by atoms with van der Waals surface area (Å²) in [4.78, 5) is 50.9. The van der Waals surface area contributed by atoms with E-state index in [1.54, 1.807) is 6.07 Å². The number of allylic oxidation sites excluding steroid dienone is 1. The predicted octanol–water partition coefficient (Wildman–Crippen LogP) is 4.05. The molecule has 30 heavy (non-hydrogen) atoms. The lowest BCUT2D eigenvalue weighted by Crippen LogP contribution is -2.57. The lowest BCUT2D eigenvalue weighted by atomic mass is 9.61. The van der Waals surface area contributed by atoms with Gasteiger partial charge in [-0.2, -0.15) is 0 Å². The Morgan fingerprint density at radius 3 is 2.17 bits per heavy atom. The minimum Gasteiger partial charge on any atom is -0.474 e. The molecule has 7 heteroatoms. The highest BCUT2D eigenvalue weighted by Crippen LogP contribution is 2.57. The summed E-state index contributed by atoms with van der Waals surface area (Å²) in [5, 5.41) is 11.3. The van der Waals surface area contributed by atoms with Crippen LogP contribution in [0.2, 0.25) is 0 Å². The van der Waals surface area contributed by atoms with Crippen molar-refractivity contribution in [1.82, 2.24) is 0 Å². The number of Topliss-reactive ketones (excluding diaryl/α,β-unsaturated/α-hetero) is 3. The van der Waals surface area contributed by atoms with Crippen LogP contribution < -0.4 is 0 Å². The van der Waals surface area contributed by atoms with Crippen LogP contribution in [0.1, 0.15) is 64.9 Å². The summed E-state index contributed by atoms with van der Waals surface area (Å²) in [6.07, 6.45) is 0.987. The van der Waals surface area contributed by atoms with Gasteiger partial charge in [-0.25, -0.2) is 0 Å². The number of nitro groups is 1. The number of hydrogen-bond acceptors (Lipinski definition) is 6. The lowest BCUT2D eigenvalue weighted by molar-refractivity contribution is -0.384. The molecule has 0 amide bonds. The van der Waals surface area contributed by atoms with E-state index >= 15 is 0 Å². The molecule has 0 saturated heterocycles. The van der Waals surface area contributed by atoms with E-state index in [9.17, 15) is 24.5 Å². The fourth-order valence-corrected chi connectivity index (χ4v) is 5.15. The number of hydrogen-bond donors (Lipinski definition) is 0. The zero-order chi connectivity index (χ0) is 22.1. The molecule has 1 aromatic carbocycles. The third kappa shape index (κ3) is 2.99. The van der Waals surface area contributed by atoms with E-state index in [-0.39, 0.29) is 47.7 Å². The summed E-state index contributed by atoms with van der Waals surface area (Å²) in [5.41, 5.74) is -2.10. The van der Waals surface area contributed by atoms with Gasteiger partial charge >= 0.3 is 0 Å². The van der Waals surface area contributed by atoms with Gasteiger partial charge in [-0.1, -0.05) is 39.8 Å². The number of ketones is 3. The van der Waals surface area contributed by atoms with Crippen LogP contribution in [-0.4, -0.2) is 27.9 Å². The molecule has 0 N–H and O–H groups in total. The second-order valence-electron chi connectivity index (χ2n) is 10.3. The van der Waals surface area contributed by atoms with E-state index in [2.05, 4.69) is 0 Å². The van der Waals surface area contributed by atoms with Crippen LogP contribution >= 0.6 is 0 Å². The number of non-ortho nitro benzene ring substituents is 1. The highest BCUT2D eigenvalue weighted by molar-refractivity contribution is 6.17. The van der Waals surface area contributed by atoms with Crippen molar-refractivity contribution in [3.8, 4) is 0 Å². The van der Waals surface area contributed by atoms with Crippen molar-refractivity contribution in [1.29, 1.82) is 0 Å². The smallest absolute Gasteiger partial charge is 0.269 e. The standard InChI is InChI=1S/C23H25NO6/c1-21(2)9-15(25)19-16(10-21)30-23(17(26)11-22(3,4)12-18(23)27)20(19)13-6-5-7-14(8-13)24(28)29/h5-8,20H,9-12H2,1-4H3. The minimum absolute atomic E-state index is 0.141. The predicted molar refractivity (Wildman–Crippen MR) is 108 cm³/mol. The van der Waals surface area contributed by atoms with Gasteiger partial charge in [0.1, 0.15) is 5.76 Å². The van der Waals surface area contributed by atoms with Crippen LogP contribution in [-0.2, 0) is 19.1 Å². The molecule has 7 nitrogen and oxygen atoms in total. The van der Waals surface area contributed by atoms with Crippen LogP contribution in [0.15, 0.2) is 35.6 Å². The molecule has 1 aliphatic heterocycles. The Morgan fingerprint density at radius 2 is 1.57 bits per heavy atom. The zero-order valence-corrected chi connectivity index (χ0v) is 17.6. The Kier molecular flexibility index (Phi) is 4.31. The first-order chi connectivity index (χ1) is 13.9. The maximum Gasteiger partial charge on any atom is 0.269 e. The van der Waals surface area contributed by atoms with Gasteiger partial charge in [0.05, 0.1) is 10.8 Å². The maximum absolute atomic E-state index is 13.4. The summed E-state index contributed by atoms with van der Waals surface area (Å²) in [5.74, 6) is -1.46. The average molecular weight is 411 g/mol. The monoisotopic (exact) mass is 411 g/mol. The number of nitro benzene ring substituents is 1. The topological polar surface area (TPSA) is 104 Å². The van der Waals surface area contributed by atoms with Crippen molar-refractivity contribution in [3.63, 3.8) is 0 Å². The highest BCUT2D eigenvalue weighted by atomic mass is 16.6.